The fourth-order valence-electron chi connectivity index (χ4n) is 2.73. The Kier molecular flexibility index (Phi) is 3.52. The number of hydrogen-bond donors (Lipinski definition) is 2. The van der Waals surface area contributed by atoms with Crippen molar-refractivity contribution >= 4 is 22.9 Å². The van der Waals surface area contributed by atoms with Gasteiger partial charge >= 0.3 is 6.18 Å². The predicted molar refractivity (Wildman–Crippen MR) is 84.2 cm³/mol. The van der Waals surface area contributed by atoms with Gasteiger partial charge in [-0.25, -0.2) is 4.98 Å². The minimum atomic E-state index is -4.43. The van der Waals surface area contributed by atoms with E-state index >= 15 is 0 Å². The van der Waals surface area contributed by atoms with E-state index in [2.05, 4.69) is 20.4 Å². The molecule has 2 N–H and O–H groups in total. The van der Waals surface area contributed by atoms with Gasteiger partial charge in [-0.05, 0) is 37.5 Å². The first-order valence-corrected chi connectivity index (χ1v) is 7.82. The second-order valence-electron chi connectivity index (χ2n) is 6.06. The lowest BCUT2D eigenvalue weighted by molar-refractivity contribution is -0.137. The van der Waals surface area contributed by atoms with Gasteiger partial charge in [-0.15, -0.1) is 0 Å². The Labute approximate surface area is 140 Å². The fraction of sp³-hybridized carbons (Fsp3) is 0.312. The summed E-state index contributed by atoms with van der Waals surface area (Å²) in [7, 11) is 0. The lowest BCUT2D eigenvalue weighted by Gasteiger charge is -2.25. The summed E-state index contributed by atoms with van der Waals surface area (Å²) in [6, 6.07) is 3.52. The molecule has 3 aromatic rings. The van der Waals surface area contributed by atoms with E-state index < -0.39 is 17.6 Å². The van der Waals surface area contributed by atoms with E-state index in [9.17, 15) is 18.0 Å². The number of anilines is 1. The molecule has 2 heterocycles. The molecule has 1 aliphatic carbocycles. The molecule has 0 unspecified atom stereocenters. The van der Waals surface area contributed by atoms with Crippen LogP contribution in [-0.4, -0.2) is 25.7 Å². The summed E-state index contributed by atoms with van der Waals surface area (Å²) < 4.78 is 40.0. The maximum absolute atomic E-state index is 12.7. The van der Waals surface area contributed by atoms with Crippen LogP contribution in [0.25, 0.3) is 11.0 Å². The molecule has 1 amide bonds. The highest BCUT2D eigenvalue weighted by atomic mass is 19.4. The molecule has 1 fully saturated rings. The summed E-state index contributed by atoms with van der Waals surface area (Å²) >= 11 is 0. The number of fused-ring (bicyclic) bond motifs is 1. The first-order valence-electron chi connectivity index (χ1n) is 7.82. The second-order valence-corrected chi connectivity index (χ2v) is 6.06. The van der Waals surface area contributed by atoms with Crippen LogP contribution in [0.3, 0.4) is 0 Å². The molecule has 25 heavy (non-hydrogen) atoms. The molecule has 0 aliphatic heterocycles. The topological polar surface area (TPSA) is 75.6 Å². The summed E-state index contributed by atoms with van der Waals surface area (Å²) in [6.07, 6.45) is 1.97. The molecule has 0 atom stereocenters. The van der Waals surface area contributed by atoms with Crippen LogP contribution in [0.15, 0.2) is 30.6 Å². The summed E-state index contributed by atoms with van der Waals surface area (Å²) in [5.74, 6) is -0.323. The van der Waals surface area contributed by atoms with Crippen LogP contribution < -0.4 is 5.32 Å². The van der Waals surface area contributed by atoms with Crippen LogP contribution in [0, 0.1) is 0 Å². The molecule has 1 saturated carbocycles. The van der Waals surface area contributed by atoms with Gasteiger partial charge in [-0.2, -0.15) is 18.3 Å². The first kappa shape index (κ1) is 15.7. The van der Waals surface area contributed by atoms with Crippen LogP contribution in [0.4, 0.5) is 19.1 Å². The molecule has 2 aromatic heterocycles. The second kappa shape index (κ2) is 5.61. The fourth-order valence-corrected chi connectivity index (χ4v) is 2.73. The first-order chi connectivity index (χ1) is 11.9. The van der Waals surface area contributed by atoms with Crippen molar-refractivity contribution in [3.63, 3.8) is 0 Å². The summed E-state index contributed by atoms with van der Waals surface area (Å²) in [6.45, 7) is 0. The standard InChI is InChI=1S/C16H14F3N5O/c17-16(18,19)10-4-5-12-13(6-10)22-15(21-12)23-14(25)9-7-20-24(8-9)11-2-1-3-11/h4-8,11H,1-3H2,(H2,21,22,23,25). The number of imidazole rings is 1. The highest BCUT2D eigenvalue weighted by molar-refractivity contribution is 6.03. The van der Waals surface area contributed by atoms with Crippen molar-refractivity contribution in [1.82, 2.24) is 19.7 Å². The predicted octanol–water partition coefficient (Wildman–Crippen LogP) is 3.76. The highest BCUT2D eigenvalue weighted by Crippen LogP contribution is 2.32. The minimum absolute atomic E-state index is 0.0933. The Hall–Kier alpha value is -2.84. The number of amides is 1. The van der Waals surface area contributed by atoms with E-state index in [1.54, 1.807) is 10.9 Å². The maximum Gasteiger partial charge on any atom is 0.416 e. The van der Waals surface area contributed by atoms with Gasteiger partial charge in [0.15, 0.2) is 0 Å². The van der Waals surface area contributed by atoms with Crippen molar-refractivity contribution in [3.05, 3.63) is 41.7 Å². The number of alkyl halides is 3. The molecule has 1 aliphatic rings. The van der Waals surface area contributed by atoms with Gasteiger partial charge in [-0.1, -0.05) is 0 Å². The zero-order valence-electron chi connectivity index (χ0n) is 13.0. The number of carbonyl (C=O) groups is 1. The molecule has 9 heteroatoms. The zero-order chi connectivity index (χ0) is 17.6. The van der Waals surface area contributed by atoms with E-state index in [0.717, 1.165) is 31.4 Å². The molecule has 1 aromatic carbocycles. The van der Waals surface area contributed by atoms with Gasteiger partial charge in [0.05, 0.1) is 34.4 Å². The van der Waals surface area contributed by atoms with Crippen molar-refractivity contribution in [2.45, 2.75) is 31.5 Å². The van der Waals surface area contributed by atoms with Crippen molar-refractivity contribution in [2.24, 2.45) is 0 Å². The zero-order valence-corrected chi connectivity index (χ0v) is 13.0. The lowest BCUT2D eigenvalue weighted by Crippen LogP contribution is -2.17. The number of halogens is 3. The van der Waals surface area contributed by atoms with Gasteiger partial charge in [-0.3, -0.25) is 14.8 Å². The number of nitrogens with zero attached hydrogens (tertiary/aromatic N) is 3. The third kappa shape index (κ3) is 2.97. The Morgan fingerprint density at radius 1 is 1.32 bits per heavy atom. The number of aromatic amines is 1. The van der Waals surface area contributed by atoms with Gasteiger partial charge in [0, 0.05) is 6.20 Å². The number of aromatic nitrogens is 4. The van der Waals surface area contributed by atoms with E-state index in [0.29, 0.717) is 17.1 Å². The SMILES string of the molecule is O=C(Nc1nc2ccc(C(F)(F)F)cc2[nH]1)c1cnn(C2CCC2)c1. The summed E-state index contributed by atoms with van der Waals surface area (Å²) in [5, 5.41) is 6.74. The third-order valence-electron chi connectivity index (χ3n) is 4.35. The van der Waals surface area contributed by atoms with Crippen LogP contribution in [-0.2, 0) is 6.18 Å². The Morgan fingerprint density at radius 2 is 2.12 bits per heavy atom. The maximum atomic E-state index is 12.7. The molecule has 4 rings (SSSR count). The van der Waals surface area contributed by atoms with Gasteiger partial charge in [0.25, 0.3) is 5.91 Å². The number of rotatable bonds is 3. The largest absolute Gasteiger partial charge is 0.416 e. The van der Waals surface area contributed by atoms with E-state index in [1.807, 2.05) is 0 Å². The monoisotopic (exact) mass is 349 g/mol. The number of hydrogen-bond acceptors (Lipinski definition) is 3. The van der Waals surface area contributed by atoms with E-state index in [1.165, 1.54) is 12.3 Å². The van der Waals surface area contributed by atoms with Crippen molar-refractivity contribution in [3.8, 4) is 0 Å². The molecule has 0 bridgehead atoms. The number of benzene rings is 1. The van der Waals surface area contributed by atoms with Gasteiger partial charge < -0.3 is 4.98 Å². The highest BCUT2D eigenvalue weighted by Gasteiger charge is 2.30. The average Bonchev–Trinajstić information content (AvgIpc) is 3.09. The van der Waals surface area contributed by atoms with Crippen LogP contribution in [0.5, 0.6) is 0 Å². The summed E-state index contributed by atoms with van der Waals surface area (Å²) in [5.41, 5.74) is 0.149. The minimum Gasteiger partial charge on any atom is -0.324 e. The lowest BCUT2D eigenvalue weighted by atomic mass is 9.93. The molecular formula is C16H14F3N5O. The molecule has 0 spiro atoms. The average molecular weight is 349 g/mol. The van der Waals surface area contributed by atoms with Crippen molar-refractivity contribution in [2.75, 3.05) is 5.32 Å². The smallest absolute Gasteiger partial charge is 0.324 e. The molecular weight excluding hydrogens is 335 g/mol. The number of carbonyl (C=O) groups excluding carboxylic acids is 1. The third-order valence-corrected chi connectivity index (χ3v) is 4.35. The Balaban J connectivity index is 1.53. The Morgan fingerprint density at radius 3 is 2.80 bits per heavy atom. The van der Waals surface area contributed by atoms with Crippen molar-refractivity contribution < 1.29 is 18.0 Å². The van der Waals surface area contributed by atoms with Crippen LogP contribution >= 0.6 is 0 Å². The molecule has 130 valence electrons. The van der Waals surface area contributed by atoms with Crippen LogP contribution in [0.2, 0.25) is 0 Å². The van der Waals surface area contributed by atoms with E-state index in [4.69, 9.17) is 0 Å². The Bertz CT molecular complexity index is 939. The number of H-pyrrole nitrogens is 1. The quantitative estimate of drug-likeness (QED) is 0.756. The van der Waals surface area contributed by atoms with Crippen LogP contribution in [0.1, 0.15) is 41.2 Å². The molecule has 6 nitrogen and oxygen atoms in total. The normalized spacial score (nSPS) is 15.3. The molecule has 0 saturated heterocycles. The van der Waals surface area contributed by atoms with Gasteiger partial charge in [0.1, 0.15) is 0 Å². The molecule has 0 radical (unpaired) electrons. The van der Waals surface area contributed by atoms with Gasteiger partial charge in [0.2, 0.25) is 5.95 Å². The van der Waals surface area contributed by atoms with E-state index in [-0.39, 0.29) is 11.5 Å². The summed E-state index contributed by atoms with van der Waals surface area (Å²) in [4.78, 5) is 19.0. The number of nitrogens with one attached hydrogen (secondary N) is 2. The van der Waals surface area contributed by atoms with Crippen molar-refractivity contribution in [1.29, 1.82) is 0 Å².